The highest BCUT2D eigenvalue weighted by Gasteiger charge is 2.18. The lowest BCUT2D eigenvalue weighted by molar-refractivity contribution is -2.00. The lowest BCUT2D eigenvalue weighted by Crippen LogP contribution is -2.68. The number of halogens is 1. The van der Waals surface area contributed by atoms with Crippen molar-refractivity contribution in [1.82, 2.24) is 0 Å². The maximum atomic E-state index is 13.6. The number of anilines is 1. The van der Waals surface area contributed by atoms with Crippen LogP contribution in [0, 0.1) is 10.2 Å². The maximum absolute atomic E-state index is 13.6. The Bertz CT molecular complexity index is 1430. The van der Waals surface area contributed by atoms with Crippen LogP contribution in [0.25, 0.3) is 16.5 Å². The summed E-state index contributed by atoms with van der Waals surface area (Å²) >= 11 is 0. The smallest absolute Gasteiger partial charge is 0.200 e. The number of rotatable bonds is 7. The van der Waals surface area contributed by atoms with Crippen molar-refractivity contribution in [3.05, 3.63) is 106 Å². The summed E-state index contributed by atoms with van der Waals surface area (Å²) in [4.78, 5) is 15.9. The predicted molar refractivity (Wildman–Crippen MR) is 143 cm³/mol. The second kappa shape index (κ2) is 13.5. The van der Waals surface area contributed by atoms with E-state index in [-0.39, 0.29) is 5.43 Å². The van der Waals surface area contributed by atoms with E-state index in [2.05, 4.69) is 85.7 Å². The molecule has 0 unspecified atom stereocenters. The molecule has 0 N–H and O–H groups in total. The van der Waals surface area contributed by atoms with Crippen LogP contribution in [-0.4, -0.2) is 36.5 Å². The van der Waals surface area contributed by atoms with Crippen molar-refractivity contribution in [2.24, 2.45) is 0 Å². The molecule has 0 atom stereocenters. The fraction of sp³-hybridized carbons (Fsp3) is 0.267. The number of nitrogens with zero attached hydrogens (tertiary/aromatic N) is 2. The zero-order valence-electron chi connectivity index (χ0n) is 22.6. The van der Waals surface area contributed by atoms with E-state index in [1.807, 2.05) is 24.3 Å². The van der Waals surface area contributed by atoms with Crippen LogP contribution in [-0.2, 0) is 0 Å². The maximum Gasteiger partial charge on any atom is 0.200 e. The first-order valence-corrected chi connectivity index (χ1v) is 14.0. The monoisotopic (exact) mass is 552 g/mol. The summed E-state index contributed by atoms with van der Waals surface area (Å²) in [6, 6.07) is 15.9. The van der Waals surface area contributed by atoms with E-state index < -0.39 is 10.2 Å². The number of hydrogen-bond acceptors (Lipinski definition) is 7. The summed E-state index contributed by atoms with van der Waals surface area (Å²) in [5.74, 6) is 0. The average molecular weight is 553 g/mol. The molecule has 9 heteroatoms. The van der Waals surface area contributed by atoms with Gasteiger partial charge in [-0.1, -0.05) is 24.3 Å². The SMILES string of the molecule is CCN(CC)c1ccc(C(=C2C=CC(=[N+](CC)CC)C=C2)c2coc3ccccc3c2=O)cc1.[O-][Cl+3]([O-])([O-])[O-]. The molecule has 0 saturated carbocycles. The molecule has 3 aromatic rings. The van der Waals surface area contributed by atoms with E-state index in [4.69, 9.17) is 23.1 Å². The Morgan fingerprint density at radius 3 is 1.95 bits per heavy atom. The van der Waals surface area contributed by atoms with E-state index in [1.54, 1.807) is 6.26 Å². The van der Waals surface area contributed by atoms with Gasteiger partial charge in [-0.25, -0.2) is 23.2 Å². The van der Waals surface area contributed by atoms with Crippen molar-refractivity contribution < 1.29 is 37.9 Å². The summed E-state index contributed by atoms with van der Waals surface area (Å²) in [5, 5.41) is 0.594. The minimum absolute atomic E-state index is 0.0162. The van der Waals surface area contributed by atoms with E-state index in [9.17, 15) is 4.79 Å². The third-order valence-corrected chi connectivity index (χ3v) is 6.52. The highest BCUT2D eigenvalue weighted by Crippen LogP contribution is 2.30. The van der Waals surface area contributed by atoms with Gasteiger partial charge < -0.3 is 9.32 Å². The van der Waals surface area contributed by atoms with Crippen LogP contribution in [0.1, 0.15) is 38.8 Å². The molecule has 206 valence electrons. The van der Waals surface area contributed by atoms with E-state index in [0.717, 1.165) is 42.9 Å². The largest absolute Gasteiger partial charge is 0.463 e. The topological polar surface area (TPSA) is 129 Å². The van der Waals surface area contributed by atoms with Gasteiger partial charge in [0.2, 0.25) is 5.43 Å². The lowest BCUT2D eigenvalue weighted by Gasteiger charge is -2.21. The average Bonchev–Trinajstić information content (AvgIpc) is 2.92. The molecule has 4 rings (SSSR count). The van der Waals surface area contributed by atoms with Gasteiger partial charge in [0, 0.05) is 36.5 Å². The van der Waals surface area contributed by atoms with Crippen LogP contribution < -0.4 is 29.0 Å². The molecule has 0 amide bonds. The second-order valence-electron chi connectivity index (χ2n) is 8.67. The van der Waals surface area contributed by atoms with E-state index in [1.165, 1.54) is 11.4 Å². The Morgan fingerprint density at radius 1 is 0.846 bits per heavy atom. The molecule has 8 nitrogen and oxygen atoms in total. The first-order chi connectivity index (χ1) is 18.6. The first-order valence-electron chi connectivity index (χ1n) is 12.8. The third-order valence-electron chi connectivity index (χ3n) is 6.52. The predicted octanol–water partition coefficient (Wildman–Crippen LogP) is 1.30. The van der Waals surface area contributed by atoms with Crippen molar-refractivity contribution in [1.29, 1.82) is 0 Å². The molecule has 0 fully saturated rings. The Kier molecular flexibility index (Phi) is 10.4. The molecule has 39 heavy (non-hydrogen) atoms. The van der Waals surface area contributed by atoms with Gasteiger partial charge in [0.25, 0.3) is 0 Å². The van der Waals surface area contributed by atoms with Gasteiger partial charge >= 0.3 is 0 Å². The molecule has 0 aliphatic heterocycles. The Balaban J connectivity index is 0.000000771. The summed E-state index contributed by atoms with van der Waals surface area (Å²) in [5.41, 5.74) is 6.39. The van der Waals surface area contributed by atoms with Gasteiger partial charge in [-0.05, 0) is 75.2 Å². The van der Waals surface area contributed by atoms with Crippen molar-refractivity contribution in [3.63, 3.8) is 0 Å². The molecule has 1 aromatic heterocycles. The van der Waals surface area contributed by atoms with Crippen LogP contribution in [0.15, 0.2) is 93.9 Å². The fourth-order valence-corrected chi connectivity index (χ4v) is 4.58. The molecule has 0 radical (unpaired) electrons. The van der Waals surface area contributed by atoms with Gasteiger partial charge in [0.15, 0.2) is 5.71 Å². The number of fused-ring (bicyclic) bond motifs is 1. The first kappa shape index (κ1) is 30.0. The van der Waals surface area contributed by atoms with Gasteiger partial charge in [-0.2, -0.15) is 0 Å². The highest BCUT2D eigenvalue weighted by molar-refractivity contribution is 6.04. The summed E-state index contributed by atoms with van der Waals surface area (Å²) < 4.78 is 42.2. The van der Waals surface area contributed by atoms with E-state index >= 15 is 0 Å². The minimum Gasteiger partial charge on any atom is -0.463 e. The molecule has 1 aliphatic carbocycles. The standard InChI is InChI=1S/C30H33N2O2.ClHO4/c1-5-31(6-2)24-17-13-22(14-18-24)29(23-15-19-25(20-16-23)32(7-3)8-4)27-21-34-28-12-10-9-11-26(28)30(27)33;2-1(3,4)5/h9-21H,5-8H2,1-4H3;(H,2,3,4,5)/q+1;/p-1. The van der Waals surface area contributed by atoms with Gasteiger partial charge in [0.05, 0.1) is 10.9 Å². The number of allylic oxidation sites excluding steroid dienone is 5. The molecular formula is C30H33ClN2O6. The van der Waals surface area contributed by atoms with Crippen molar-refractivity contribution in [2.75, 3.05) is 31.1 Å². The van der Waals surface area contributed by atoms with Gasteiger partial charge in [-0.3, -0.25) is 4.79 Å². The quantitative estimate of drug-likeness (QED) is 0.404. The molecular weight excluding hydrogens is 520 g/mol. The minimum atomic E-state index is -4.94. The van der Waals surface area contributed by atoms with Crippen LogP contribution in [0.4, 0.5) is 5.69 Å². The summed E-state index contributed by atoms with van der Waals surface area (Å²) in [7, 11) is -4.94. The number of hydrogen-bond donors (Lipinski definition) is 0. The Hall–Kier alpha value is -3.53. The second-order valence-corrected chi connectivity index (χ2v) is 9.42. The zero-order chi connectivity index (χ0) is 28.6. The van der Waals surface area contributed by atoms with Gasteiger partial charge in [-0.15, -0.1) is 10.2 Å². The van der Waals surface area contributed by atoms with Crippen LogP contribution in [0.3, 0.4) is 0 Å². The zero-order valence-corrected chi connectivity index (χ0v) is 23.3. The van der Waals surface area contributed by atoms with Crippen LogP contribution >= 0.6 is 0 Å². The molecule has 1 heterocycles. The summed E-state index contributed by atoms with van der Waals surface area (Å²) in [6.45, 7) is 12.4. The summed E-state index contributed by atoms with van der Waals surface area (Å²) in [6.07, 6.45) is 10.1. The van der Waals surface area contributed by atoms with Crippen LogP contribution in [0.2, 0.25) is 0 Å². The van der Waals surface area contributed by atoms with E-state index in [0.29, 0.717) is 16.5 Å². The molecule has 2 aromatic carbocycles. The number of para-hydroxylation sites is 1. The third kappa shape index (κ3) is 7.75. The number of benzene rings is 2. The Labute approximate surface area is 230 Å². The van der Waals surface area contributed by atoms with Crippen molar-refractivity contribution >= 4 is 27.9 Å². The van der Waals surface area contributed by atoms with Crippen molar-refractivity contribution in [3.8, 4) is 0 Å². The molecule has 1 aliphatic rings. The normalized spacial score (nSPS) is 12.8. The van der Waals surface area contributed by atoms with Crippen molar-refractivity contribution in [2.45, 2.75) is 27.7 Å². The molecule has 0 saturated heterocycles. The van der Waals surface area contributed by atoms with Gasteiger partial charge in [0.1, 0.15) is 24.9 Å². The molecule has 0 bridgehead atoms. The van der Waals surface area contributed by atoms with Crippen LogP contribution in [0.5, 0.6) is 0 Å². The molecule has 0 spiro atoms. The fourth-order valence-electron chi connectivity index (χ4n) is 4.58. The highest BCUT2D eigenvalue weighted by atomic mass is 35.7. The lowest BCUT2D eigenvalue weighted by atomic mass is 9.91. The Morgan fingerprint density at radius 2 is 1.41 bits per heavy atom.